The van der Waals surface area contributed by atoms with E-state index in [4.69, 9.17) is 11.6 Å². The number of halogens is 2. The van der Waals surface area contributed by atoms with Crippen molar-refractivity contribution in [2.75, 3.05) is 0 Å². The van der Waals surface area contributed by atoms with Crippen molar-refractivity contribution >= 4 is 48.9 Å². The minimum Gasteiger partial charge on any atom is -0.242 e. The van der Waals surface area contributed by atoms with E-state index in [-0.39, 0.29) is 16.6 Å². The number of hydrogen-bond donors (Lipinski definition) is 1. The molecule has 0 amide bonds. The second kappa shape index (κ2) is 5.96. The quantitative estimate of drug-likeness (QED) is 0.789. The van der Waals surface area contributed by atoms with Crippen LogP contribution in [-0.4, -0.2) is 13.4 Å². The van der Waals surface area contributed by atoms with Crippen molar-refractivity contribution in [1.29, 1.82) is 0 Å². The van der Waals surface area contributed by atoms with Crippen LogP contribution in [0.5, 0.6) is 0 Å². The summed E-state index contributed by atoms with van der Waals surface area (Å²) in [5, 5.41) is -0.0284. The lowest BCUT2D eigenvalue weighted by molar-refractivity contribution is 0.581. The number of aromatic nitrogens is 1. The number of fused-ring (bicyclic) bond motifs is 1. The molecule has 0 saturated heterocycles. The minimum absolute atomic E-state index is 0.0114. The molecule has 112 valence electrons. The molecular formula is C13H12BrClN2O2S2. The first-order valence-electron chi connectivity index (χ1n) is 6.37. The standard InChI is InChI=1S/C13H12BrClN2O2S2/c14-9-5-12(13(15)16-6-9)21(18,19)17-7-10-4-8-2-1-3-11(8)20-10/h4-6,17H,1-3,7H2. The van der Waals surface area contributed by atoms with Crippen molar-refractivity contribution < 1.29 is 8.42 Å². The number of hydrogen-bond acceptors (Lipinski definition) is 4. The Morgan fingerprint density at radius 1 is 1.38 bits per heavy atom. The van der Waals surface area contributed by atoms with E-state index < -0.39 is 10.0 Å². The lowest BCUT2D eigenvalue weighted by Crippen LogP contribution is -2.23. The molecule has 0 aromatic carbocycles. The zero-order valence-electron chi connectivity index (χ0n) is 10.9. The molecule has 0 bridgehead atoms. The van der Waals surface area contributed by atoms with Gasteiger partial charge in [-0.2, -0.15) is 0 Å². The summed E-state index contributed by atoms with van der Waals surface area (Å²) < 4.78 is 27.8. The highest BCUT2D eigenvalue weighted by atomic mass is 79.9. The number of pyridine rings is 1. The van der Waals surface area contributed by atoms with Gasteiger partial charge in [0.15, 0.2) is 0 Å². The van der Waals surface area contributed by atoms with Crippen LogP contribution in [0.1, 0.15) is 21.7 Å². The van der Waals surface area contributed by atoms with Crippen LogP contribution in [0.2, 0.25) is 5.15 Å². The molecule has 0 unspecified atom stereocenters. The highest BCUT2D eigenvalue weighted by Crippen LogP contribution is 2.31. The number of nitrogens with one attached hydrogen (secondary N) is 1. The Labute approximate surface area is 140 Å². The van der Waals surface area contributed by atoms with E-state index in [0.29, 0.717) is 4.47 Å². The fourth-order valence-corrected chi connectivity index (χ4v) is 5.55. The highest BCUT2D eigenvalue weighted by molar-refractivity contribution is 9.10. The molecule has 0 aliphatic heterocycles. The predicted octanol–water partition coefficient (Wildman–Crippen LogP) is 3.53. The average Bonchev–Trinajstić information content (AvgIpc) is 3.00. The Morgan fingerprint density at radius 2 is 2.19 bits per heavy atom. The molecule has 2 aromatic heterocycles. The maximum Gasteiger partial charge on any atom is 0.244 e. The summed E-state index contributed by atoms with van der Waals surface area (Å²) in [5.74, 6) is 0. The van der Waals surface area contributed by atoms with E-state index in [1.807, 2.05) is 0 Å². The number of rotatable bonds is 4. The van der Waals surface area contributed by atoms with Gasteiger partial charge in [-0.05, 0) is 52.9 Å². The minimum atomic E-state index is -3.67. The molecule has 0 fully saturated rings. The van der Waals surface area contributed by atoms with Crippen LogP contribution in [0.15, 0.2) is 27.7 Å². The molecule has 0 radical (unpaired) electrons. The Hall–Kier alpha value is -0.470. The molecule has 2 aromatic rings. The zero-order valence-corrected chi connectivity index (χ0v) is 14.9. The van der Waals surface area contributed by atoms with Crippen molar-refractivity contribution in [2.24, 2.45) is 0 Å². The summed E-state index contributed by atoms with van der Waals surface area (Å²) in [6, 6.07) is 3.54. The van der Waals surface area contributed by atoms with Crippen LogP contribution >= 0.6 is 38.9 Å². The topological polar surface area (TPSA) is 59.1 Å². The Bertz CT molecular complexity index is 768. The smallest absolute Gasteiger partial charge is 0.242 e. The number of nitrogens with zero attached hydrogens (tertiary/aromatic N) is 1. The van der Waals surface area contributed by atoms with Crippen molar-refractivity contribution in [3.63, 3.8) is 0 Å². The molecule has 21 heavy (non-hydrogen) atoms. The molecule has 1 aliphatic carbocycles. The van der Waals surface area contributed by atoms with E-state index in [1.54, 1.807) is 11.3 Å². The monoisotopic (exact) mass is 406 g/mol. The maximum atomic E-state index is 12.3. The number of sulfonamides is 1. The first kappa shape index (κ1) is 15.4. The lowest BCUT2D eigenvalue weighted by Gasteiger charge is -2.07. The third-order valence-corrected chi connectivity index (χ3v) is 6.80. The Balaban J connectivity index is 1.78. The van der Waals surface area contributed by atoms with E-state index in [2.05, 4.69) is 31.7 Å². The van der Waals surface area contributed by atoms with Gasteiger partial charge in [0.1, 0.15) is 10.0 Å². The van der Waals surface area contributed by atoms with Crippen LogP contribution in [-0.2, 0) is 29.4 Å². The molecule has 0 atom stereocenters. The van der Waals surface area contributed by atoms with Crippen LogP contribution in [0.3, 0.4) is 0 Å². The summed E-state index contributed by atoms with van der Waals surface area (Å²) in [6.07, 6.45) is 4.87. The first-order chi connectivity index (χ1) is 9.95. The molecular weight excluding hydrogens is 396 g/mol. The molecule has 0 spiro atoms. The van der Waals surface area contributed by atoms with Crippen LogP contribution < -0.4 is 4.72 Å². The van der Waals surface area contributed by atoms with Crippen molar-refractivity contribution in [3.05, 3.63) is 43.3 Å². The fraction of sp³-hybridized carbons (Fsp3) is 0.308. The van der Waals surface area contributed by atoms with Gasteiger partial charge >= 0.3 is 0 Å². The maximum absolute atomic E-state index is 12.3. The molecule has 1 N–H and O–H groups in total. The van der Waals surface area contributed by atoms with Gasteiger partial charge in [0.05, 0.1) is 0 Å². The normalized spacial score (nSPS) is 14.4. The van der Waals surface area contributed by atoms with E-state index >= 15 is 0 Å². The second-order valence-electron chi connectivity index (χ2n) is 4.78. The van der Waals surface area contributed by atoms with Gasteiger partial charge in [-0.3, -0.25) is 0 Å². The van der Waals surface area contributed by atoms with Crippen molar-refractivity contribution in [1.82, 2.24) is 9.71 Å². The van der Waals surface area contributed by atoms with Gasteiger partial charge in [-0.15, -0.1) is 11.3 Å². The van der Waals surface area contributed by atoms with Crippen LogP contribution in [0, 0.1) is 0 Å². The molecule has 1 aliphatic rings. The van der Waals surface area contributed by atoms with Crippen LogP contribution in [0.25, 0.3) is 0 Å². The third-order valence-electron chi connectivity index (χ3n) is 3.30. The summed E-state index contributed by atoms with van der Waals surface area (Å²) in [5.41, 5.74) is 1.36. The molecule has 8 heteroatoms. The third kappa shape index (κ3) is 3.32. The second-order valence-corrected chi connectivity index (χ2v) is 9.01. The summed E-state index contributed by atoms with van der Waals surface area (Å²) in [7, 11) is -3.67. The van der Waals surface area contributed by atoms with Gasteiger partial charge in [-0.25, -0.2) is 18.1 Å². The summed E-state index contributed by atoms with van der Waals surface area (Å²) in [6.45, 7) is 0.281. The Kier molecular flexibility index (Phi) is 4.38. The van der Waals surface area contributed by atoms with Gasteiger partial charge < -0.3 is 0 Å². The van der Waals surface area contributed by atoms with Gasteiger partial charge in [0.2, 0.25) is 10.0 Å². The lowest BCUT2D eigenvalue weighted by atomic mass is 10.2. The fourth-order valence-electron chi connectivity index (χ4n) is 2.31. The SMILES string of the molecule is O=S(=O)(NCc1cc2c(s1)CCC2)c1cc(Br)cnc1Cl. The largest absolute Gasteiger partial charge is 0.244 e. The van der Waals surface area contributed by atoms with Crippen molar-refractivity contribution in [2.45, 2.75) is 30.7 Å². The summed E-state index contributed by atoms with van der Waals surface area (Å²) in [4.78, 5) is 6.24. The predicted molar refractivity (Wildman–Crippen MR) is 87.3 cm³/mol. The van der Waals surface area contributed by atoms with Gasteiger partial charge in [0, 0.05) is 27.0 Å². The number of thiophene rings is 1. The Morgan fingerprint density at radius 3 is 2.95 bits per heavy atom. The van der Waals surface area contributed by atoms with E-state index in [0.717, 1.165) is 17.7 Å². The van der Waals surface area contributed by atoms with Gasteiger partial charge in [0.25, 0.3) is 0 Å². The van der Waals surface area contributed by atoms with E-state index in [1.165, 1.54) is 29.1 Å². The molecule has 2 heterocycles. The molecule has 3 rings (SSSR count). The van der Waals surface area contributed by atoms with E-state index in [9.17, 15) is 8.42 Å². The molecule has 4 nitrogen and oxygen atoms in total. The van der Waals surface area contributed by atoms with Gasteiger partial charge in [-0.1, -0.05) is 11.6 Å². The zero-order chi connectivity index (χ0) is 15.0. The van der Waals surface area contributed by atoms with Crippen molar-refractivity contribution in [3.8, 4) is 0 Å². The molecule has 0 saturated carbocycles. The van der Waals surface area contributed by atoms with Crippen LogP contribution in [0.4, 0.5) is 0 Å². The first-order valence-corrected chi connectivity index (χ1v) is 9.84. The average molecular weight is 408 g/mol. The highest BCUT2D eigenvalue weighted by Gasteiger charge is 2.20. The number of aryl methyl sites for hydroxylation is 2. The summed E-state index contributed by atoms with van der Waals surface area (Å²) >= 11 is 10.8.